The van der Waals surface area contributed by atoms with Crippen LogP contribution in [0.4, 0.5) is 5.69 Å². The van der Waals surface area contributed by atoms with Crippen molar-refractivity contribution in [3.8, 4) is 0 Å². The number of nitrogens with zero attached hydrogens (tertiary/aromatic N) is 2. The van der Waals surface area contributed by atoms with Crippen molar-refractivity contribution in [1.29, 1.82) is 0 Å². The summed E-state index contributed by atoms with van der Waals surface area (Å²) >= 11 is 0. The summed E-state index contributed by atoms with van der Waals surface area (Å²) < 4.78 is 5.83. The van der Waals surface area contributed by atoms with E-state index in [1.807, 2.05) is 37.3 Å². The van der Waals surface area contributed by atoms with Crippen LogP contribution in [0.3, 0.4) is 0 Å². The van der Waals surface area contributed by atoms with Crippen molar-refractivity contribution >= 4 is 28.5 Å². The van der Waals surface area contributed by atoms with Gasteiger partial charge >= 0.3 is 0 Å². The van der Waals surface area contributed by atoms with Crippen LogP contribution in [-0.2, 0) is 0 Å². The lowest BCUT2D eigenvalue weighted by atomic mass is 10.1. The molecule has 7 nitrogen and oxygen atoms in total. The van der Waals surface area contributed by atoms with Crippen LogP contribution in [0.25, 0.3) is 11.0 Å². The van der Waals surface area contributed by atoms with Crippen LogP contribution in [0, 0.1) is 6.92 Å². The van der Waals surface area contributed by atoms with Crippen molar-refractivity contribution in [2.24, 2.45) is 10.8 Å². The van der Waals surface area contributed by atoms with Gasteiger partial charge in [-0.1, -0.05) is 17.7 Å². The Balaban J connectivity index is 2.02. The Hall–Kier alpha value is -3.61. The first kappa shape index (κ1) is 20.1. The molecule has 0 aliphatic carbocycles. The third kappa shape index (κ3) is 4.45. The highest BCUT2D eigenvalue weighted by atomic mass is 16.3. The highest BCUT2D eigenvalue weighted by Gasteiger charge is 2.12. The number of fused-ring (bicyclic) bond motifs is 1. The van der Waals surface area contributed by atoms with Crippen LogP contribution < -0.4 is 21.6 Å². The van der Waals surface area contributed by atoms with Gasteiger partial charge in [0.15, 0.2) is 0 Å². The second kappa shape index (κ2) is 8.60. The summed E-state index contributed by atoms with van der Waals surface area (Å²) in [6.07, 6.45) is 0. The highest BCUT2D eigenvalue weighted by Crippen LogP contribution is 2.21. The zero-order chi connectivity index (χ0) is 21.0. The molecule has 3 N–H and O–H groups in total. The van der Waals surface area contributed by atoms with Crippen LogP contribution in [0.2, 0.25) is 0 Å². The predicted molar refractivity (Wildman–Crippen MR) is 113 cm³/mol. The van der Waals surface area contributed by atoms with Crippen LogP contribution in [0.15, 0.2) is 58.0 Å². The van der Waals surface area contributed by atoms with Gasteiger partial charge in [0.05, 0.1) is 0 Å². The van der Waals surface area contributed by atoms with E-state index in [0.29, 0.717) is 11.1 Å². The predicted octanol–water partition coefficient (Wildman–Crippen LogP) is 2.93. The normalized spacial score (nSPS) is 11.5. The average molecular weight is 392 g/mol. The molecule has 29 heavy (non-hydrogen) atoms. The molecular formula is C22H24N4O3. The molecule has 1 heterocycles. The molecule has 7 heteroatoms. The van der Waals surface area contributed by atoms with E-state index in [-0.39, 0.29) is 11.1 Å². The topological polar surface area (TPSA) is 101 Å². The Morgan fingerprint density at radius 3 is 2.38 bits per heavy atom. The molecule has 1 aromatic heterocycles. The number of hydrogen-bond donors (Lipinski definition) is 2. The number of aryl methyl sites for hydroxylation is 1. The van der Waals surface area contributed by atoms with Gasteiger partial charge < -0.3 is 15.1 Å². The lowest BCUT2D eigenvalue weighted by Gasteiger charge is -2.21. The molecule has 0 unspecified atom stereocenters. The Kier molecular flexibility index (Phi) is 5.97. The molecule has 3 aromatic rings. The number of carbonyl (C=O) groups is 2. The van der Waals surface area contributed by atoms with E-state index in [1.54, 1.807) is 18.2 Å². The first-order valence-electron chi connectivity index (χ1n) is 9.46. The van der Waals surface area contributed by atoms with Gasteiger partial charge in [-0.25, -0.2) is 5.43 Å². The second-order valence-corrected chi connectivity index (χ2v) is 6.64. The van der Waals surface area contributed by atoms with Gasteiger partial charge in [0.1, 0.15) is 11.1 Å². The minimum Gasteiger partial charge on any atom is -0.436 e. The Labute approximate surface area is 168 Å². The van der Waals surface area contributed by atoms with Crippen LogP contribution in [0.5, 0.6) is 0 Å². The average Bonchev–Trinajstić information content (AvgIpc) is 2.72. The van der Waals surface area contributed by atoms with Gasteiger partial charge in [-0.05, 0) is 51.1 Å². The zero-order valence-corrected chi connectivity index (χ0v) is 16.7. The molecule has 0 radical (unpaired) electrons. The molecule has 0 saturated heterocycles. The number of anilines is 1. The van der Waals surface area contributed by atoms with Gasteiger partial charge in [-0.3, -0.25) is 9.59 Å². The van der Waals surface area contributed by atoms with E-state index in [1.165, 1.54) is 0 Å². The first-order chi connectivity index (χ1) is 13.9. The highest BCUT2D eigenvalue weighted by molar-refractivity contribution is 5.96. The summed E-state index contributed by atoms with van der Waals surface area (Å²) in [4.78, 5) is 26.4. The van der Waals surface area contributed by atoms with Gasteiger partial charge in [0.2, 0.25) is 5.55 Å². The molecule has 3 rings (SSSR count). The number of nitrogens with one attached hydrogen (secondary N) is 1. The Morgan fingerprint density at radius 2 is 1.76 bits per heavy atom. The smallest absolute Gasteiger partial charge is 0.271 e. The molecule has 2 aromatic carbocycles. The summed E-state index contributed by atoms with van der Waals surface area (Å²) in [6, 6.07) is 14.4. The van der Waals surface area contributed by atoms with E-state index in [2.05, 4.69) is 29.3 Å². The maximum Gasteiger partial charge on any atom is 0.271 e. The third-order valence-electron chi connectivity index (χ3n) is 4.70. The van der Waals surface area contributed by atoms with E-state index >= 15 is 0 Å². The number of primary amides is 1. The molecule has 0 aliphatic heterocycles. The number of carbonyl (C=O) groups excluding carboxylic acids is 2. The fraction of sp³-hybridized carbons (Fsp3) is 0.227. The molecule has 0 aliphatic rings. The van der Waals surface area contributed by atoms with Crippen molar-refractivity contribution in [1.82, 2.24) is 5.43 Å². The van der Waals surface area contributed by atoms with E-state index in [0.717, 1.165) is 29.7 Å². The maximum absolute atomic E-state index is 12.3. The molecule has 150 valence electrons. The minimum absolute atomic E-state index is 0.0397. The SMILES string of the molecule is CCN(CC)c1ccc2cc(C(N)=O)c(=NNC(=O)c3ccc(C)cc3)oc2c1. The van der Waals surface area contributed by atoms with E-state index in [9.17, 15) is 9.59 Å². The van der Waals surface area contributed by atoms with E-state index in [4.69, 9.17) is 10.2 Å². The largest absolute Gasteiger partial charge is 0.436 e. The van der Waals surface area contributed by atoms with E-state index < -0.39 is 11.8 Å². The minimum atomic E-state index is -0.688. The number of nitrogens with two attached hydrogens (primary N) is 1. The Bertz CT molecular complexity index is 1110. The number of benzene rings is 2. The maximum atomic E-state index is 12.3. The summed E-state index contributed by atoms with van der Waals surface area (Å²) in [5, 5.41) is 4.73. The van der Waals surface area contributed by atoms with Crippen molar-refractivity contribution in [3.63, 3.8) is 0 Å². The molecular weight excluding hydrogens is 368 g/mol. The fourth-order valence-electron chi connectivity index (χ4n) is 3.02. The molecule has 2 amide bonds. The standard InChI is InChI=1S/C22H24N4O3/c1-4-26(5-2)17-11-10-16-12-18(20(23)27)22(29-19(16)13-17)25-24-21(28)15-8-6-14(3)7-9-15/h6-13H,4-5H2,1-3H3,(H2,23,27)(H,24,28). The van der Waals surface area contributed by atoms with Gasteiger partial charge in [-0.2, -0.15) is 0 Å². The quantitative estimate of drug-likeness (QED) is 0.630. The summed E-state index contributed by atoms with van der Waals surface area (Å²) in [5.41, 5.74) is 11.0. The molecule has 0 bridgehead atoms. The fourth-order valence-corrected chi connectivity index (χ4v) is 3.02. The third-order valence-corrected chi connectivity index (χ3v) is 4.70. The molecule has 0 fully saturated rings. The molecule has 0 saturated carbocycles. The number of hydrogen-bond acceptors (Lipinski definition) is 5. The summed E-state index contributed by atoms with van der Waals surface area (Å²) in [6.45, 7) is 7.78. The van der Waals surface area contributed by atoms with Crippen LogP contribution >= 0.6 is 0 Å². The molecule has 0 atom stereocenters. The lowest BCUT2D eigenvalue weighted by molar-refractivity contribution is 0.0946. The van der Waals surface area contributed by atoms with Crippen molar-refractivity contribution in [3.05, 3.63) is 70.8 Å². The number of amides is 2. The van der Waals surface area contributed by atoms with Gasteiger partial charge in [0, 0.05) is 35.8 Å². The van der Waals surface area contributed by atoms with Crippen LogP contribution in [0.1, 0.15) is 40.1 Å². The van der Waals surface area contributed by atoms with Gasteiger partial charge in [-0.15, -0.1) is 5.10 Å². The van der Waals surface area contributed by atoms with Crippen molar-refractivity contribution in [2.75, 3.05) is 18.0 Å². The second-order valence-electron chi connectivity index (χ2n) is 6.64. The Morgan fingerprint density at radius 1 is 1.07 bits per heavy atom. The zero-order valence-electron chi connectivity index (χ0n) is 16.7. The van der Waals surface area contributed by atoms with Crippen LogP contribution in [-0.4, -0.2) is 24.9 Å². The number of rotatable bonds is 6. The molecule has 0 spiro atoms. The first-order valence-corrected chi connectivity index (χ1v) is 9.46. The summed E-state index contributed by atoms with van der Waals surface area (Å²) in [7, 11) is 0. The van der Waals surface area contributed by atoms with Crippen molar-refractivity contribution < 1.29 is 14.0 Å². The summed E-state index contributed by atoms with van der Waals surface area (Å²) in [5.74, 6) is -1.10. The van der Waals surface area contributed by atoms with Crippen molar-refractivity contribution in [2.45, 2.75) is 20.8 Å². The lowest BCUT2D eigenvalue weighted by Crippen LogP contribution is -2.27. The monoisotopic (exact) mass is 392 g/mol. The van der Waals surface area contributed by atoms with Gasteiger partial charge in [0.25, 0.3) is 11.8 Å².